The van der Waals surface area contributed by atoms with Crippen molar-refractivity contribution in [3.8, 4) is 10.7 Å². The van der Waals surface area contributed by atoms with Crippen LogP contribution in [0.25, 0.3) is 10.7 Å². The lowest BCUT2D eigenvalue weighted by Gasteiger charge is -2.03. The van der Waals surface area contributed by atoms with E-state index in [0.29, 0.717) is 11.5 Å². The molecule has 0 saturated carbocycles. The van der Waals surface area contributed by atoms with Gasteiger partial charge in [-0.1, -0.05) is 0 Å². The van der Waals surface area contributed by atoms with Gasteiger partial charge in [-0.15, -0.1) is 11.3 Å². The van der Waals surface area contributed by atoms with Gasteiger partial charge in [-0.05, 0) is 28.9 Å². The highest BCUT2D eigenvalue weighted by Gasteiger charge is 2.13. The van der Waals surface area contributed by atoms with E-state index in [1.54, 1.807) is 6.92 Å². The van der Waals surface area contributed by atoms with Gasteiger partial charge in [0.2, 0.25) is 0 Å². The molecule has 0 aliphatic heterocycles. The van der Waals surface area contributed by atoms with Crippen molar-refractivity contribution in [3.63, 3.8) is 0 Å². The summed E-state index contributed by atoms with van der Waals surface area (Å²) in [5.41, 5.74) is 0.243. The number of H-pyrrole nitrogens is 1. The van der Waals surface area contributed by atoms with Gasteiger partial charge >= 0.3 is 5.97 Å². The molecule has 5 nitrogen and oxygen atoms in total. The number of aliphatic carboxylic acids is 1. The molecule has 2 N–H and O–H groups in total. The van der Waals surface area contributed by atoms with E-state index < -0.39 is 11.5 Å². The van der Waals surface area contributed by atoms with Crippen molar-refractivity contribution in [1.29, 1.82) is 0 Å². The number of carbonyl (C=O) groups is 1. The molecule has 0 saturated heterocycles. The van der Waals surface area contributed by atoms with E-state index in [-0.39, 0.29) is 12.0 Å². The highest BCUT2D eigenvalue weighted by atomic mass is 79.9. The maximum Gasteiger partial charge on any atom is 0.308 e. The number of nitrogens with zero attached hydrogens (tertiary/aromatic N) is 1. The summed E-state index contributed by atoms with van der Waals surface area (Å²) in [4.78, 5) is 30.1. The monoisotopic (exact) mass is 328 g/mol. The Labute approximate surface area is 115 Å². The minimum atomic E-state index is -1.04. The summed E-state index contributed by atoms with van der Waals surface area (Å²) in [6, 6.07) is 1.85. The quantitative estimate of drug-likeness (QED) is 0.904. The zero-order valence-corrected chi connectivity index (χ0v) is 11.8. The Morgan fingerprint density at radius 2 is 2.33 bits per heavy atom. The van der Waals surface area contributed by atoms with Gasteiger partial charge in [-0.3, -0.25) is 9.59 Å². The first kappa shape index (κ1) is 13.0. The van der Waals surface area contributed by atoms with Gasteiger partial charge < -0.3 is 10.1 Å². The van der Waals surface area contributed by atoms with Crippen LogP contribution in [0.15, 0.2) is 20.7 Å². The minimum absolute atomic E-state index is 0.196. The lowest BCUT2D eigenvalue weighted by molar-refractivity contribution is -0.136. The highest BCUT2D eigenvalue weighted by molar-refractivity contribution is 9.10. The topological polar surface area (TPSA) is 83.0 Å². The van der Waals surface area contributed by atoms with Crippen molar-refractivity contribution >= 4 is 33.2 Å². The first-order chi connectivity index (χ1) is 8.47. The zero-order chi connectivity index (χ0) is 13.3. The molecule has 0 aromatic carbocycles. The lowest BCUT2D eigenvalue weighted by Crippen LogP contribution is -2.20. The maximum atomic E-state index is 11.8. The Hall–Kier alpha value is -1.47. The van der Waals surface area contributed by atoms with Crippen LogP contribution in [0, 0.1) is 6.92 Å². The number of carboxylic acids is 1. The average molecular weight is 329 g/mol. The smallest absolute Gasteiger partial charge is 0.308 e. The number of thiophene rings is 1. The molecule has 0 bridgehead atoms. The number of aromatic amines is 1. The number of hydrogen-bond donors (Lipinski definition) is 2. The second kappa shape index (κ2) is 5.03. The predicted molar refractivity (Wildman–Crippen MR) is 71.9 cm³/mol. The van der Waals surface area contributed by atoms with Crippen LogP contribution < -0.4 is 5.56 Å². The Balaban J connectivity index is 2.48. The van der Waals surface area contributed by atoms with Crippen LogP contribution in [0.5, 0.6) is 0 Å². The third-order valence-electron chi connectivity index (χ3n) is 2.35. The van der Waals surface area contributed by atoms with Crippen LogP contribution in [0.4, 0.5) is 0 Å². The van der Waals surface area contributed by atoms with Gasteiger partial charge in [0, 0.05) is 21.1 Å². The molecule has 0 atom stereocenters. The van der Waals surface area contributed by atoms with Crippen LogP contribution in [-0.4, -0.2) is 21.0 Å². The molecular weight excluding hydrogens is 320 g/mol. The van der Waals surface area contributed by atoms with E-state index in [2.05, 4.69) is 25.9 Å². The van der Waals surface area contributed by atoms with Gasteiger partial charge in [0.25, 0.3) is 5.56 Å². The van der Waals surface area contributed by atoms with Gasteiger partial charge in [0.15, 0.2) is 5.82 Å². The summed E-state index contributed by atoms with van der Waals surface area (Å²) in [5.74, 6) is -0.584. The van der Waals surface area contributed by atoms with Crippen molar-refractivity contribution < 1.29 is 9.90 Å². The van der Waals surface area contributed by atoms with Crippen molar-refractivity contribution in [2.45, 2.75) is 13.3 Å². The Morgan fingerprint density at radius 1 is 1.61 bits per heavy atom. The van der Waals surface area contributed by atoms with Crippen molar-refractivity contribution in [1.82, 2.24) is 9.97 Å². The van der Waals surface area contributed by atoms with E-state index >= 15 is 0 Å². The molecule has 18 heavy (non-hydrogen) atoms. The Kier molecular flexibility index (Phi) is 3.63. The second-order valence-electron chi connectivity index (χ2n) is 3.68. The van der Waals surface area contributed by atoms with E-state index in [0.717, 1.165) is 9.35 Å². The molecule has 0 unspecified atom stereocenters. The van der Waals surface area contributed by atoms with Crippen LogP contribution in [-0.2, 0) is 11.2 Å². The largest absolute Gasteiger partial charge is 0.481 e. The predicted octanol–water partition coefficient (Wildman–Crippen LogP) is 2.20. The molecule has 7 heteroatoms. The molecule has 0 fully saturated rings. The van der Waals surface area contributed by atoms with Gasteiger partial charge in [-0.25, -0.2) is 4.98 Å². The number of carboxylic acid groups (broad SMARTS) is 1. The fraction of sp³-hybridized carbons (Fsp3) is 0.182. The molecule has 0 aliphatic rings. The van der Waals surface area contributed by atoms with Gasteiger partial charge in [0.1, 0.15) is 0 Å². The highest BCUT2D eigenvalue weighted by Crippen LogP contribution is 2.27. The van der Waals surface area contributed by atoms with Crippen LogP contribution in [0.1, 0.15) is 11.3 Å². The third kappa shape index (κ3) is 2.68. The lowest BCUT2D eigenvalue weighted by atomic mass is 10.2. The molecule has 94 valence electrons. The molecule has 2 rings (SSSR count). The van der Waals surface area contributed by atoms with Crippen molar-refractivity contribution in [2.24, 2.45) is 0 Å². The Morgan fingerprint density at radius 3 is 2.83 bits per heavy atom. The van der Waals surface area contributed by atoms with Crippen LogP contribution in [0.2, 0.25) is 0 Å². The molecule has 0 radical (unpaired) electrons. The standard InChI is InChI=1S/C11H9BrN2O3S/c1-5-7(3-9(15)16)11(17)14-10(13-5)8-2-6(12)4-18-8/h2,4H,3H2,1H3,(H,15,16)(H,13,14,17). The Bertz CT molecular complexity index is 663. The number of hydrogen-bond acceptors (Lipinski definition) is 4. The molecule has 2 aromatic rings. The maximum absolute atomic E-state index is 11.8. The molecule has 0 aliphatic carbocycles. The van der Waals surface area contributed by atoms with Gasteiger partial charge in [-0.2, -0.15) is 0 Å². The summed E-state index contributed by atoms with van der Waals surface area (Å²) in [6.07, 6.45) is -0.317. The van der Waals surface area contributed by atoms with E-state index in [1.165, 1.54) is 11.3 Å². The summed E-state index contributed by atoms with van der Waals surface area (Å²) in [6.45, 7) is 1.64. The summed E-state index contributed by atoms with van der Waals surface area (Å²) < 4.78 is 0.914. The van der Waals surface area contributed by atoms with E-state index in [4.69, 9.17) is 5.11 Å². The molecule has 0 amide bonds. The molecule has 2 aromatic heterocycles. The summed E-state index contributed by atoms with van der Waals surface area (Å²) in [5, 5.41) is 10.6. The van der Waals surface area contributed by atoms with Gasteiger partial charge in [0.05, 0.1) is 11.3 Å². The average Bonchev–Trinajstić information content (AvgIpc) is 2.70. The molecule has 2 heterocycles. The number of nitrogens with one attached hydrogen (secondary N) is 1. The second-order valence-corrected chi connectivity index (χ2v) is 5.51. The summed E-state index contributed by atoms with van der Waals surface area (Å²) in [7, 11) is 0. The number of halogens is 1. The van der Waals surface area contributed by atoms with E-state index in [1.807, 2.05) is 11.4 Å². The number of aromatic nitrogens is 2. The fourth-order valence-electron chi connectivity index (χ4n) is 1.52. The third-order valence-corrected chi connectivity index (χ3v) is 4.05. The van der Waals surface area contributed by atoms with Crippen molar-refractivity contribution in [2.75, 3.05) is 0 Å². The number of rotatable bonds is 3. The first-order valence-electron chi connectivity index (χ1n) is 5.03. The molecule has 0 spiro atoms. The van der Waals surface area contributed by atoms with Crippen LogP contribution in [0.3, 0.4) is 0 Å². The van der Waals surface area contributed by atoms with E-state index in [9.17, 15) is 9.59 Å². The fourth-order valence-corrected chi connectivity index (χ4v) is 2.90. The zero-order valence-electron chi connectivity index (χ0n) is 9.36. The first-order valence-corrected chi connectivity index (χ1v) is 6.70. The summed E-state index contributed by atoms with van der Waals surface area (Å²) >= 11 is 4.77. The van der Waals surface area contributed by atoms with Crippen molar-refractivity contribution in [3.05, 3.63) is 37.5 Å². The molecular formula is C11H9BrN2O3S. The van der Waals surface area contributed by atoms with Crippen LogP contribution >= 0.6 is 27.3 Å². The SMILES string of the molecule is Cc1nc(-c2cc(Br)cs2)[nH]c(=O)c1CC(=O)O. The number of aryl methyl sites for hydroxylation is 1. The minimum Gasteiger partial charge on any atom is -0.481 e. The normalized spacial score (nSPS) is 10.6.